The van der Waals surface area contributed by atoms with Gasteiger partial charge >= 0.3 is 0 Å². The topological polar surface area (TPSA) is 40.5 Å². The van der Waals surface area contributed by atoms with Gasteiger partial charge in [-0.3, -0.25) is 0 Å². The van der Waals surface area contributed by atoms with Crippen LogP contribution < -0.4 is 0 Å². The number of aliphatic hydroxyl groups is 2. The molecular formula is C10H20O2. The van der Waals surface area contributed by atoms with E-state index in [9.17, 15) is 10.2 Å². The van der Waals surface area contributed by atoms with Crippen LogP contribution in [0.15, 0.2) is 0 Å². The fraction of sp³-hybridized carbons (Fsp3) is 1.00. The minimum absolute atomic E-state index is 0.537. The van der Waals surface area contributed by atoms with Gasteiger partial charge in [0.25, 0.3) is 0 Å². The molecule has 2 N–H and O–H groups in total. The van der Waals surface area contributed by atoms with E-state index in [0.717, 1.165) is 19.3 Å². The highest BCUT2D eigenvalue weighted by Crippen LogP contribution is 2.39. The largest absolute Gasteiger partial charge is 0.387 e. The summed E-state index contributed by atoms with van der Waals surface area (Å²) in [5.74, 6) is 0.537. The highest BCUT2D eigenvalue weighted by Gasteiger charge is 2.44. The van der Waals surface area contributed by atoms with Crippen molar-refractivity contribution in [1.82, 2.24) is 0 Å². The summed E-state index contributed by atoms with van der Waals surface area (Å²) in [6, 6.07) is 0. The lowest BCUT2D eigenvalue weighted by atomic mass is 9.71. The average molecular weight is 172 g/mol. The highest BCUT2D eigenvalue weighted by atomic mass is 16.4. The molecule has 0 spiro atoms. The molecular weight excluding hydrogens is 152 g/mol. The average Bonchev–Trinajstić information content (AvgIpc) is 1.83. The Hall–Kier alpha value is -0.0800. The predicted molar refractivity (Wildman–Crippen MR) is 48.9 cm³/mol. The fourth-order valence-electron chi connectivity index (χ4n) is 2.08. The molecule has 2 atom stereocenters. The first-order valence-corrected chi connectivity index (χ1v) is 4.80. The number of rotatable bonds is 1. The van der Waals surface area contributed by atoms with Crippen molar-refractivity contribution in [1.29, 1.82) is 0 Å². The van der Waals surface area contributed by atoms with Crippen LogP contribution in [0.5, 0.6) is 0 Å². The lowest BCUT2D eigenvalue weighted by Crippen LogP contribution is -2.52. The van der Waals surface area contributed by atoms with E-state index in [1.54, 1.807) is 13.8 Å². The molecule has 1 aliphatic rings. The van der Waals surface area contributed by atoms with Crippen molar-refractivity contribution in [2.75, 3.05) is 0 Å². The first-order valence-electron chi connectivity index (χ1n) is 4.80. The Labute approximate surface area is 74.6 Å². The molecule has 1 saturated carbocycles. The Bertz CT molecular complexity index is 160. The SMILES string of the molecule is C[C@@H]1CCC[C@@](O)(C(C)(C)O)C1. The van der Waals surface area contributed by atoms with Crippen LogP contribution in [0.3, 0.4) is 0 Å². The number of hydrogen-bond donors (Lipinski definition) is 2. The summed E-state index contributed by atoms with van der Waals surface area (Å²) < 4.78 is 0. The van der Waals surface area contributed by atoms with Crippen LogP contribution in [-0.4, -0.2) is 21.4 Å². The van der Waals surface area contributed by atoms with Crippen LogP contribution in [0.4, 0.5) is 0 Å². The minimum Gasteiger partial charge on any atom is -0.387 e. The highest BCUT2D eigenvalue weighted by molar-refractivity contribution is 4.96. The van der Waals surface area contributed by atoms with Gasteiger partial charge in [-0.2, -0.15) is 0 Å². The lowest BCUT2D eigenvalue weighted by Gasteiger charge is -2.43. The molecule has 0 radical (unpaired) electrons. The molecule has 2 nitrogen and oxygen atoms in total. The molecule has 0 aromatic carbocycles. The zero-order valence-electron chi connectivity index (χ0n) is 8.30. The summed E-state index contributed by atoms with van der Waals surface area (Å²) in [5, 5.41) is 19.9. The van der Waals surface area contributed by atoms with Gasteiger partial charge in [0.15, 0.2) is 0 Å². The molecule has 0 bridgehead atoms. The van der Waals surface area contributed by atoms with Crippen molar-refractivity contribution in [2.24, 2.45) is 5.92 Å². The fourth-order valence-corrected chi connectivity index (χ4v) is 2.08. The van der Waals surface area contributed by atoms with E-state index < -0.39 is 11.2 Å². The Balaban J connectivity index is 2.70. The van der Waals surface area contributed by atoms with Gasteiger partial charge in [0.2, 0.25) is 0 Å². The van der Waals surface area contributed by atoms with Crippen molar-refractivity contribution < 1.29 is 10.2 Å². The summed E-state index contributed by atoms with van der Waals surface area (Å²) in [5.41, 5.74) is -1.81. The molecule has 0 amide bonds. The molecule has 2 heteroatoms. The molecule has 1 aliphatic carbocycles. The molecule has 1 rings (SSSR count). The third-order valence-electron chi connectivity index (χ3n) is 3.11. The smallest absolute Gasteiger partial charge is 0.0930 e. The molecule has 0 aliphatic heterocycles. The normalized spacial score (nSPS) is 38.2. The van der Waals surface area contributed by atoms with Crippen molar-refractivity contribution in [2.45, 2.75) is 57.7 Å². The second-order valence-corrected chi connectivity index (χ2v) is 4.79. The van der Waals surface area contributed by atoms with E-state index >= 15 is 0 Å². The van der Waals surface area contributed by atoms with Crippen molar-refractivity contribution in [3.05, 3.63) is 0 Å². The monoisotopic (exact) mass is 172 g/mol. The summed E-state index contributed by atoms with van der Waals surface area (Å²) in [6.45, 7) is 5.53. The van der Waals surface area contributed by atoms with Gasteiger partial charge in [0, 0.05) is 0 Å². The second kappa shape index (κ2) is 3.00. The van der Waals surface area contributed by atoms with Crippen LogP contribution in [0.25, 0.3) is 0 Å². The zero-order valence-corrected chi connectivity index (χ0v) is 8.30. The summed E-state index contributed by atoms with van der Waals surface area (Å²) in [7, 11) is 0. The van der Waals surface area contributed by atoms with E-state index in [-0.39, 0.29) is 0 Å². The van der Waals surface area contributed by atoms with Crippen molar-refractivity contribution in [3.8, 4) is 0 Å². The zero-order chi connectivity index (χ0) is 9.41. The Morgan fingerprint density at radius 2 is 2.00 bits per heavy atom. The molecule has 0 heterocycles. The molecule has 0 aromatic rings. The third-order valence-corrected chi connectivity index (χ3v) is 3.11. The summed E-state index contributed by atoms with van der Waals surface area (Å²) in [6.07, 6.45) is 3.68. The molecule has 0 saturated heterocycles. The summed E-state index contributed by atoms with van der Waals surface area (Å²) >= 11 is 0. The first kappa shape index (κ1) is 10.0. The van der Waals surface area contributed by atoms with Crippen LogP contribution in [-0.2, 0) is 0 Å². The maximum Gasteiger partial charge on any atom is 0.0930 e. The standard InChI is InChI=1S/C10H20O2/c1-8-5-4-6-10(12,7-8)9(2,3)11/h8,11-12H,4-7H2,1-3H3/t8-,10+/m1/s1. The Kier molecular flexibility index (Phi) is 2.50. The van der Waals surface area contributed by atoms with Gasteiger partial charge in [-0.25, -0.2) is 0 Å². The quantitative estimate of drug-likeness (QED) is 0.632. The van der Waals surface area contributed by atoms with Crippen LogP contribution in [0, 0.1) is 5.92 Å². The molecule has 12 heavy (non-hydrogen) atoms. The van der Waals surface area contributed by atoms with Crippen molar-refractivity contribution >= 4 is 0 Å². The van der Waals surface area contributed by atoms with Gasteiger partial charge in [-0.15, -0.1) is 0 Å². The van der Waals surface area contributed by atoms with Gasteiger partial charge in [0.05, 0.1) is 11.2 Å². The van der Waals surface area contributed by atoms with E-state index in [1.807, 2.05) is 0 Å². The Morgan fingerprint density at radius 1 is 1.42 bits per heavy atom. The summed E-state index contributed by atoms with van der Waals surface area (Å²) in [4.78, 5) is 0. The first-order chi connectivity index (χ1) is 5.35. The maximum atomic E-state index is 10.1. The van der Waals surface area contributed by atoms with Crippen LogP contribution in [0.1, 0.15) is 46.5 Å². The van der Waals surface area contributed by atoms with Gasteiger partial charge in [-0.05, 0) is 32.6 Å². The van der Waals surface area contributed by atoms with Gasteiger partial charge < -0.3 is 10.2 Å². The van der Waals surface area contributed by atoms with Gasteiger partial charge in [0.1, 0.15) is 0 Å². The minimum atomic E-state index is -0.957. The van der Waals surface area contributed by atoms with E-state index in [4.69, 9.17) is 0 Å². The molecule has 0 unspecified atom stereocenters. The number of hydrogen-bond acceptors (Lipinski definition) is 2. The van der Waals surface area contributed by atoms with E-state index in [0.29, 0.717) is 5.92 Å². The van der Waals surface area contributed by atoms with E-state index in [2.05, 4.69) is 6.92 Å². The molecule has 0 aromatic heterocycles. The van der Waals surface area contributed by atoms with Gasteiger partial charge in [-0.1, -0.05) is 19.8 Å². The molecule has 1 fully saturated rings. The maximum absolute atomic E-state index is 10.1. The third kappa shape index (κ3) is 1.80. The predicted octanol–water partition coefficient (Wildman–Crippen LogP) is 1.70. The Morgan fingerprint density at radius 3 is 2.33 bits per heavy atom. The van der Waals surface area contributed by atoms with E-state index in [1.165, 1.54) is 6.42 Å². The lowest BCUT2D eigenvalue weighted by molar-refractivity contribution is -0.156. The van der Waals surface area contributed by atoms with Crippen molar-refractivity contribution in [3.63, 3.8) is 0 Å². The molecule has 72 valence electrons. The van der Waals surface area contributed by atoms with Crippen LogP contribution >= 0.6 is 0 Å². The van der Waals surface area contributed by atoms with Crippen LogP contribution in [0.2, 0.25) is 0 Å². The second-order valence-electron chi connectivity index (χ2n) is 4.79.